The number of rotatable bonds is 7. The summed E-state index contributed by atoms with van der Waals surface area (Å²) in [7, 11) is 2.06. The summed E-state index contributed by atoms with van der Waals surface area (Å²) in [6, 6.07) is 6.11. The van der Waals surface area contributed by atoms with Crippen molar-refractivity contribution in [3.63, 3.8) is 0 Å². The minimum absolute atomic E-state index is 0.185. The lowest BCUT2D eigenvalue weighted by atomic mass is 9.84. The number of aliphatic imine (C=N–C) groups is 1. The zero-order valence-corrected chi connectivity index (χ0v) is 20.2. The number of nitrogens with zero attached hydrogens (tertiary/aromatic N) is 4. The zero-order valence-electron chi connectivity index (χ0n) is 20.2. The smallest absolute Gasteiger partial charge is 0.354 e. The molecule has 5 atom stereocenters. The molecule has 2 N–H and O–H groups in total. The van der Waals surface area contributed by atoms with E-state index in [1.807, 2.05) is 0 Å². The highest BCUT2D eigenvalue weighted by molar-refractivity contribution is 5.84. The monoisotopic (exact) mass is 494 g/mol. The van der Waals surface area contributed by atoms with E-state index in [0.717, 1.165) is 19.2 Å². The highest BCUT2D eigenvalue weighted by Crippen LogP contribution is 2.38. The van der Waals surface area contributed by atoms with E-state index < -0.39 is 18.5 Å². The van der Waals surface area contributed by atoms with Gasteiger partial charge in [-0.15, -0.1) is 13.2 Å². The number of halogens is 3. The van der Waals surface area contributed by atoms with Gasteiger partial charge >= 0.3 is 6.30 Å². The van der Waals surface area contributed by atoms with Crippen LogP contribution >= 0.6 is 0 Å². The first-order valence-electron chi connectivity index (χ1n) is 12.1. The number of fused-ring (bicyclic) bond motifs is 1. The summed E-state index contributed by atoms with van der Waals surface area (Å²) >= 11 is 0. The first-order chi connectivity index (χ1) is 16.6. The van der Waals surface area contributed by atoms with Crippen LogP contribution in [0.2, 0.25) is 0 Å². The number of benzene rings is 1. The molecule has 1 aromatic carbocycles. The van der Waals surface area contributed by atoms with Crippen molar-refractivity contribution in [1.29, 1.82) is 0 Å². The van der Waals surface area contributed by atoms with E-state index >= 15 is 0 Å². The Balaban J connectivity index is 1.50. The Kier molecular flexibility index (Phi) is 7.37. The molecule has 2 fully saturated rings. The van der Waals surface area contributed by atoms with Crippen molar-refractivity contribution in [2.75, 3.05) is 13.6 Å². The van der Waals surface area contributed by atoms with Gasteiger partial charge in [0.25, 0.3) is 0 Å². The van der Waals surface area contributed by atoms with Crippen LogP contribution in [0.4, 0.5) is 18.9 Å². The van der Waals surface area contributed by atoms with Gasteiger partial charge in [-0.3, -0.25) is 19.8 Å². The Morgan fingerprint density at radius 3 is 2.63 bits per heavy atom. The predicted octanol–water partition coefficient (Wildman–Crippen LogP) is 2.75. The molecule has 3 aliphatic rings. The number of carbonyl (C=O) groups excluding carboxylic acids is 2. The van der Waals surface area contributed by atoms with Gasteiger partial charge in [-0.1, -0.05) is 18.2 Å². The summed E-state index contributed by atoms with van der Waals surface area (Å²) < 4.78 is 41.3. The van der Waals surface area contributed by atoms with Gasteiger partial charge in [0.05, 0.1) is 30.2 Å². The van der Waals surface area contributed by atoms with Crippen molar-refractivity contribution in [3.8, 4) is 0 Å². The van der Waals surface area contributed by atoms with E-state index in [1.165, 1.54) is 0 Å². The van der Waals surface area contributed by atoms with Gasteiger partial charge in [-0.25, -0.2) is 4.99 Å². The largest absolute Gasteiger partial charge is 0.487 e. The third-order valence-electron chi connectivity index (χ3n) is 7.58. The average molecular weight is 495 g/mol. The van der Waals surface area contributed by atoms with Crippen LogP contribution in [0.25, 0.3) is 0 Å². The standard InChI is InChI=1S/C24H33F3N6O2/c1-15(2)31(3)16-8-9-21(20(12-16)29-14-34)32-11-10-19(23(32)35)30-22-17-6-4-5-7-18(17)28-13-33(22)24(25,26)27/h4-7,13-16,19-22,30H,8-12H2,1-3H3,(H,29,34)/t16-,19+,20-,21+,22?/m1/s1. The topological polar surface area (TPSA) is 80.3 Å². The minimum atomic E-state index is -4.66. The summed E-state index contributed by atoms with van der Waals surface area (Å²) in [5.74, 6) is -0.231. The summed E-state index contributed by atoms with van der Waals surface area (Å²) in [4.78, 5) is 32.9. The van der Waals surface area contributed by atoms with Crippen molar-refractivity contribution in [1.82, 2.24) is 25.3 Å². The van der Waals surface area contributed by atoms with Gasteiger partial charge in [-0.2, -0.15) is 0 Å². The lowest BCUT2D eigenvalue weighted by Gasteiger charge is -2.44. The van der Waals surface area contributed by atoms with Crippen LogP contribution in [-0.2, 0) is 9.59 Å². The van der Waals surface area contributed by atoms with Gasteiger partial charge in [0.2, 0.25) is 12.3 Å². The van der Waals surface area contributed by atoms with E-state index in [9.17, 15) is 22.8 Å². The minimum Gasteiger partial charge on any atom is -0.354 e. The van der Waals surface area contributed by atoms with Crippen molar-refractivity contribution < 1.29 is 22.8 Å². The van der Waals surface area contributed by atoms with Gasteiger partial charge in [0, 0.05) is 24.2 Å². The van der Waals surface area contributed by atoms with Gasteiger partial charge in [0.15, 0.2) is 0 Å². The Morgan fingerprint density at radius 1 is 1.20 bits per heavy atom. The second-order valence-corrected chi connectivity index (χ2v) is 9.81. The first kappa shape index (κ1) is 25.4. The number of likely N-dealkylation sites (tertiary alicyclic amines) is 1. The number of hydrogen-bond donors (Lipinski definition) is 2. The lowest BCUT2D eigenvalue weighted by molar-refractivity contribution is -0.232. The molecule has 0 radical (unpaired) electrons. The molecule has 2 heterocycles. The maximum atomic E-state index is 13.8. The van der Waals surface area contributed by atoms with Gasteiger partial charge in [0.1, 0.15) is 6.17 Å². The number of nitrogens with one attached hydrogen (secondary N) is 2. The van der Waals surface area contributed by atoms with E-state index in [-0.39, 0.29) is 28.9 Å². The molecule has 192 valence electrons. The van der Waals surface area contributed by atoms with E-state index in [0.29, 0.717) is 43.1 Å². The predicted molar refractivity (Wildman–Crippen MR) is 126 cm³/mol. The van der Waals surface area contributed by atoms with Gasteiger partial charge in [-0.05, 0) is 52.6 Å². The van der Waals surface area contributed by atoms with Crippen LogP contribution in [0.5, 0.6) is 0 Å². The van der Waals surface area contributed by atoms with Crippen molar-refractivity contribution in [3.05, 3.63) is 29.8 Å². The molecule has 0 aromatic heterocycles. The number of alkyl halides is 3. The SMILES string of the molecule is CC(C)N(C)[C@@H]1CC[C@H](N2CC[C@H](NC3c4ccccc4N=CN3C(F)(F)F)C2=O)[C@H](NC=O)C1. The molecule has 0 spiro atoms. The quantitative estimate of drug-likeness (QED) is 0.450. The summed E-state index contributed by atoms with van der Waals surface area (Å²) in [6.45, 7) is 4.66. The molecule has 8 nitrogen and oxygen atoms in total. The molecular formula is C24H33F3N6O2. The zero-order chi connectivity index (χ0) is 25.3. The Bertz CT molecular complexity index is 955. The van der Waals surface area contributed by atoms with Gasteiger partial charge < -0.3 is 15.1 Å². The number of hydrogen-bond acceptors (Lipinski definition) is 6. The maximum absolute atomic E-state index is 13.8. The van der Waals surface area contributed by atoms with Crippen molar-refractivity contribution in [2.24, 2.45) is 4.99 Å². The molecule has 4 rings (SSSR count). The van der Waals surface area contributed by atoms with Crippen molar-refractivity contribution in [2.45, 2.75) is 82.2 Å². The van der Waals surface area contributed by atoms with Crippen molar-refractivity contribution >= 4 is 24.3 Å². The Morgan fingerprint density at radius 2 is 1.94 bits per heavy atom. The second kappa shape index (κ2) is 10.1. The van der Waals surface area contributed by atoms with Crippen LogP contribution in [0.1, 0.15) is 51.3 Å². The summed E-state index contributed by atoms with van der Waals surface area (Å²) in [5, 5.41) is 5.86. The average Bonchev–Trinajstić information content (AvgIpc) is 3.18. The first-order valence-corrected chi connectivity index (χ1v) is 12.1. The van der Waals surface area contributed by atoms with E-state index in [4.69, 9.17) is 0 Å². The lowest BCUT2D eigenvalue weighted by Crippen LogP contribution is -2.58. The molecule has 11 heteroatoms. The fourth-order valence-corrected chi connectivity index (χ4v) is 5.50. The Hall–Kier alpha value is -2.66. The fourth-order valence-electron chi connectivity index (χ4n) is 5.50. The molecule has 2 aliphatic heterocycles. The van der Waals surface area contributed by atoms with Crippen LogP contribution in [0.15, 0.2) is 29.3 Å². The third kappa shape index (κ3) is 5.16. The molecule has 2 amide bonds. The maximum Gasteiger partial charge on any atom is 0.487 e. The Labute approximate surface area is 203 Å². The number of carbonyl (C=O) groups is 2. The van der Waals surface area contributed by atoms with E-state index in [2.05, 4.69) is 41.4 Å². The van der Waals surface area contributed by atoms with Crippen LogP contribution in [0.3, 0.4) is 0 Å². The molecule has 1 saturated heterocycles. The molecular weight excluding hydrogens is 461 g/mol. The van der Waals surface area contributed by atoms with Crippen LogP contribution in [0, 0.1) is 0 Å². The second-order valence-electron chi connectivity index (χ2n) is 9.81. The molecule has 35 heavy (non-hydrogen) atoms. The highest BCUT2D eigenvalue weighted by atomic mass is 19.4. The molecule has 0 bridgehead atoms. The highest BCUT2D eigenvalue weighted by Gasteiger charge is 2.47. The van der Waals surface area contributed by atoms with Crippen LogP contribution < -0.4 is 10.6 Å². The number of amides is 2. The van der Waals surface area contributed by atoms with E-state index in [1.54, 1.807) is 29.2 Å². The molecule has 1 unspecified atom stereocenters. The normalized spacial score (nSPS) is 29.1. The fraction of sp³-hybridized carbons (Fsp3) is 0.625. The molecule has 1 aliphatic carbocycles. The number of para-hydroxylation sites is 1. The van der Waals surface area contributed by atoms with Crippen LogP contribution in [-0.4, -0.2) is 83.5 Å². The summed E-state index contributed by atoms with van der Waals surface area (Å²) in [5.41, 5.74) is 0.812. The molecule has 1 aromatic rings. The molecule has 1 saturated carbocycles. The summed E-state index contributed by atoms with van der Waals surface area (Å²) in [6.07, 6.45) is -1.76. The third-order valence-corrected chi connectivity index (χ3v) is 7.58.